The number of halogens is 1. The van der Waals surface area contributed by atoms with Gasteiger partial charge in [-0.05, 0) is 0 Å². The quantitative estimate of drug-likeness (QED) is 0.333. The molecule has 1 heterocycles. The molecule has 1 rings (SSSR count). The molecule has 2 amide bonds. The van der Waals surface area contributed by atoms with Gasteiger partial charge < -0.3 is 24.4 Å². The summed E-state index contributed by atoms with van der Waals surface area (Å²) in [5.74, 6) is -0.296. The molecule has 8 nitrogen and oxygen atoms in total. The lowest BCUT2D eigenvalue weighted by molar-refractivity contribution is -0.124. The fourth-order valence-electron chi connectivity index (χ4n) is 1.18. The number of carbonyl (C=O) groups excluding carboxylic acids is 2. The van der Waals surface area contributed by atoms with Crippen molar-refractivity contribution in [2.75, 3.05) is 52.9 Å². The Morgan fingerprint density at radius 3 is 1.33 bits per heavy atom. The standard InChI is InChI=1S/C8H18O5.C4H5NO2.BrH/c9-1-3-11-5-7-13-8-6-12-4-2-10;6-3-1-2-4(7)5-3;/h9-10H,1-8H2;1-2H2,(H,5,6,7);1H. The SMILES string of the molecule is Br.O=C1CCC(=O)N1.OCCOCCOCCOCCO. The molecule has 1 fully saturated rings. The maximum absolute atomic E-state index is 10.1. The van der Waals surface area contributed by atoms with Crippen molar-refractivity contribution in [2.24, 2.45) is 0 Å². The first-order valence-electron chi connectivity index (χ1n) is 6.48. The molecule has 0 saturated carbocycles. The lowest BCUT2D eigenvalue weighted by atomic mass is 10.4. The summed E-state index contributed by atoms with van der Waals surface area (Å²) in [6.07, 6.45) is 0.748. The summed E-state index contributed by atoms with van der Waals surface area (Å²) < 4.78 is 15.0. The van der Waals surface area contributed by atoms with E-state index in [1.54, 1.807) is 0 Å². The molecule has 3 N–H and O–H groups in total. The second kappa shape index (κ2) is 17.5. The number of nitrogens with one attached hydrogen (secondary N) is 1. The van der Waals surface area contributed by atoms with E-state index in [0.29, 0.717) is 52.5 Å². The molecule has 9 heteroatoms. The van der Waals surface area contributed by atoms with E-state index in [9.17, 15) is 9.59 Å². The van der Waals surface area contributed by atoms with Gasteiger partial charge in [0.25, 0.3) is 0 Å². The first kappa shape index (κ1) is 22.7. The zero-order chi connectivity index (χ0) is 15.1. The topological polar surface area (TPSA) is 114 Å². The number of hydrogen-bond acceptors (Lipinski definition) is 7. The third-order valence-corrected chi connectivity index (χ3v) is 2.07. The lowest BCUT2D eigenvalue weighted by Crippen LogP contribution is -2.18. The average molecular weight is 374 g/mol. The molecule has 0 aliphatic carbocycles. The predicted octanol–water partition coefficient (Wildman–Crippen LogP) is -0.978. The van der Waals surface area contributed by atoms with Gasteiger partial charge in [0.1, 0.15) is 0 Å². The van der Waals surface area contributed by atoms with Crippen molar-refractivity contribution < 1.29 is 34.0 Å². The largest absolute Gasteiger partial charge is 0.394 e. The summed E-state index contributed by atoms with van der Waals surface area (Å²) in [5, 5.41) is 18.9. The van der Waals surface area contributed by atoms with Crippen molar-refractivity contribution in [1.29, 1.82) is 0 Å². The lowest BCUT2D eigenvalue weighted by Gasteiger charge is -2.04. The molecule has 0 atom stereocenters. The Bertz CT molecular complexity index is 242. The molecular formula is C12H24BrNO7. The monoisotopic (exact) mass is 373 g/mol. The van der Waals surface area contributed by atoms with Crippen molar-refractivity contribution >= 4 is 28.8 Å². The molecular weight excluding hydrogens is 350 g/mol. The van der Waals surface area contributed by atoms with Crippen LogP contribution in [0.3, 0.4) is 0 Å². The number of imide groups is 1. The molecule has 126 valence electrons. The van der Waals surface area contributed by atoms with Crippen molar-refractivity contribution in [3.63, 3.8) is 0 Å². The van der Waals surface area contributed by atoms with Crippen molar-refractivity contribution in [3.05, 3.63) is 0 Å². The van der Waals surface area contributed by atoms with E-state index in [1.807, 2.05) is 0 Å². The molecule has 0 bridgehead atoms. The highest BCUT2D eigenvalue weighted by molar-refractivity contribution is 8.93. The maximum Gasteiger partial charge on any atom is 0.227 e. The van der Waals surface area contributed by atoms with Gasteiger partial charge >= 0.3 is 0 Å². The Hall–Kier alpha value is -0.580. The summed E-state index contributed by atoms with van der Waals surface area (Å²) in [6.45, 7) is 2.76. The number of hydrogen-bond donors (Lipinski definition) is 3. The third kappa shape index (κ3) is 17.4. The molecule has 0 aromatic heterocycles. The molecule has 1 aliphatic heterocycles. The average Bonchev–Trinajstić information content (AvgIpc) is 2.81. The zero-order valence-electron chi connectivity index (χ0n) is 11.9. The van der Waals surface area contributed by atoms with Crippen LogP contribution in [-0.2, 0) is 23.8 Å². The smallest absolute Gasteiger partial charge is 0.227 e. The second-order valence-corrected chi connectivity index (χ2v) is 3.76. The van der Waals surface area contributed by atoms with Crippen LogP contribution >= 0.6 is 17.0 Å². The maximum atomic E-state index is 10.1. The van der Waals surface area contributed by atoms with Crippen molar-refractivity contribution in [2.45, 2.75) is 12.8 Å². The van der Waals surface area contributed by atoms with Crippen molar-refractivity contribution in [3.8, 4) is 0 Å². The van der Waals surface area contributed by atoms with E-state index in [2.05, 4.69) is 5.32 Å². The Labute approximate surface area is 134 Å². The van der Waals surface area contributed by atoms with Crippen LogP contribution in [0.1, 0.15) is 12.8 Å². The van der Waals surface area contributed by atoms with Crippen LogP contribution in [0.2, 0.25) is 0 Å². The minimum absolute atomic E-state index is 0. The number of aliphatic hydroxyl groups is 2. The van der Waals surface area contributed by atoms with Gasteiger partial charge in [0.05, 0.1) is 52.9 Å². The summed E-state index contributed by atoms with van der Waals surface area (Å²) in [7, 11) is 0. The van der Waals surface area contributed by atoms with Crippen LogP contribution in [0, 0.1) is 0 Å². The minimum Gasteiger partial charge on any atom is -0.394 e. The van der Waals surface area contributed by atoms with Gasteiger partial charge in [-0.25, -0.2) is 0 Å². The highest BCUT2D eigenvalue weighted by Gasteiger charge is 2.15. The molecule has 0 aromatic carbocycles. The van der Waals surface area contributed by atoms with Gasteiger partial charge in [0.15, 0.2) is 0 Å². The Balaban J connectivity index is 0. The molecule has 0 radical (unpaired) electrons. The summed E-state index contributed by atoms with van der Waals surface area (Å²) >= 11 is 0. The van der Waals surface area contributed by atoms with Crippen LogP contribution in [-0.4, -0.2) is 74.9 Å². The molecule has 0 aromatic rings. The molecule has 0 unspecified atom stereocenters. The number of carbonyl (C=O) groups is 2. The normalized spacial score (nSPS) is 13.2. The predicted molar refractivity (Wildman–Crippen MR) is 79.3 cm³/mol. The van der Waals surface area contributed by atoms with Gasteiger partial charge in [0.2, 0.25) is 11.8 Å². The van der Waals surface area contributed by atoms with Crippen LogP contribution in [0.5, 0.6) is 0 Å². The summed E-state index contributed by atoms with van der Waals surface area (Å²) in [4.78, 5) is 20.2. The highest BCUT2D eigenvalue weighted by Crippen LogP contribution is 1.95. The molecule has 0 spiro atoms. The fourth-order valence-corrected chi connectivity index (χ4v) is 1.18. The summed E-state index contributed by atoms with van der Waals surface area (Å²) in [5.41, 5.74) is 0. The highest BCUT2D eigenvalue weighted by atomic mass is 79.9. The molecule has 1 saturated heterocycles. The minimum atomic E-state index is -0.148. The van der Waals surface area contributed by atoms with E-state index in [0.717, 1.165) is 0 Å². The van der Waals surface area contributed by atoms with E-state index in [4.69, 9.17) is 24.4 Å². The number of rotatable bonds is 10. The van der Waals surface area contributed by atoms with Gasteiger partial charge in [-0.2, -0.15) is 0 Å². The van der Waals surface area contributed by atoms with E-state index >= 15 is 0 Å². The third-order valence-electron chi connectivity index (χ3n) is 2.07. The second-order valence-electron chi connectivity index (χ2n) is 3.76. The first-order valence-corrected chi connectivity index (χ1v) is 6.48. The number of aliphatic hydroxyl groups excluding tert-OH is 2. The first-order chi connectivity index (χ1) is 9.70. The summed E-state index contributed by atoms with van der Waals surface area (Å²) in [6, 6.07) is 0. The fraction of sp³-hybridized carbons (Fsp3) is 0.833. The Morgan fingerprint density at radius 2 is 1.10 bits per heavy atom. The Kier molecular flexibility index (Phi) is 18.9. The van der Waals surface area contributed by atoms with Crippen molar-refractivity contribution in [1.82, 2.24) is 5.32 Å². The van der Waals surface area contributed by atoms with Crippen LogP contribution < -0.4 is 5.32 Å². The van der Waals surface area contributed by atoms with Gasteiger partial charge in [0, 0.05) is 12.8 Å². The van der Waals surface area contributed by atoms with E-state index in [1.165, 1.54) is 0 Å². The van der Waals surface area contributed by atoms with Gasteiger partial charge in [-0.1, -0.05) is 0 Å². The van der Waals surface area contributed by atoms with Crippen LogP contribution in [0.15, 0.2) is 0 Å². The van der Waals surface area contributed by atoms with Crippen LogP contribution in [0.4, 0.5) is 0 Å². The number of amides is 2. The van der Waals surface area contributed by atoms with E-state index < -0.39 is 0 Å². The molecule has 21 heavy (non-hydrogen) atoms. The van der Waals surface area contributed by atoms with E-state index in [-0.39, 0.29) is 42.0 Å². The van der Waals surface area contributed by atoms with Gasteiger partial charge in [-0.15, -0.1) is 17.0 Å². The van der Waals surface area contributed by atoms with Gasteiger partial charge in [-0.3, -0.25) is 14.9 Å². The number of ether oxygens (including phenoxy) is 3. The Morgan fingerprint density at radius 1 is 0.762 bits per heavy atom. The zero-order valence-corrected chi connectivity index (χ0v) is 13.6. The molecule has 1 aliphatic rings. The van der Waals surface area contributed by atoms with Crippen LogP contribution in [0.25, 0.3) is 0 Å².